The zero-order chi connectivity index (χ0) is 19.0. The number of hydrogen-bond acceptors (Lipinski definition) is 5. The van der Waals surface area contributed by atoms with Crippen molar-refractivity contribution < 1.29 is 14.4 Å². The molecule has 1 amide bonds. The minimum absolute atomic E-state index is 0.00926. The maximum Gasteiger partial charge on any atom is 0.259 e. The Morgan fingerprint density at radius 3 is 2.93 bits per heavy atom. The number of likely N-dealkylation sites (tertiary alicyclic amines) is 1. The lowest BCUT2D eigenvalue weighted by molar-refractivity contribution is 0.0762. The molecular weight excluding hydrogens is 342 g/mol. The number of para-hydroxylation sites is 1. The second-order valence-electron chi connectivity index (χ2n) is 7.14. The van der Waals surface area contributed by atoms with Gasteiger partial charge in [-0.05, 0) is 37.5 Å². The summed E-state index contributed by atoms with van der Waals surface area (Å²) in [5, 5.41) is 15.7. The van der Waals surface area contributed by atoms with Gasteiger partial charge in [0.15, 0.2) is 0 Å². The van der Waals surface area contributed by atoms with Crippen molar-refractivity contribution in [2.75, 3.05) is 13.1 Å². The molecule has 4 rings (SSSR count). The van der Waals surface area contributed by atoms with Crippen LogP contribution in [0.4, 0.5) is 0 Å². The van der Waals surface area contributed by atoms with Gasteiger partial charge in [0.1, 0.15) is 11.3 Å². The Balaban J connectivity index is 1.55. The van der Waals surface area contributed by atoms with E-state index in [-0.39, 0.29) is 11.8 Å². The zero-order valence-electron chi connectivity index (χ0n) is 15.6. The Bertz CT molecular complexity index is 976. The number of nitrogens with zero attached hydrogens (tertiary/aromatic N) is 3. The number of amides is 1. The van der Waals surface area contributed by atoms with Crippen molar-refractivity contribution >= 4 is 16.8 Å². The first-order chi connectivity index (χ1) is 13.1. The number of pyridine rings is 1. The van der Waals surface area contributed by atoms with Crippen molar-refractivity contribution in [1.82, 2.24) is 15.0 Å². The number of hydrogen-bond donors (Lipinski definition) is 1. The first-order valence-corrected chi connectivity index (χ1v) is 9.33. The number of carbonyl (C=O) groups is 1. The second kappa shape index (κ2) is 7.12. The molecule has 140 valence electrons. The van der Waals surface area contributed by atoms with E-state index in [0.29, 0.717) is 42.9 Å². The number of rotatable bonds is 4. The molecule has 1 N–H and O–H groups in total. The zero-order valence-corrected chi connectivity index (χ0v) is 15.6. The number of aryl methyl sites for hydroxylation is 2. The fourth-order valence-electron chi connectivity index (χ4n) is 3.93. The van der Waals surface area contributed by atoms with Crippen LogP contribution in [0.25, 0.3) is 10.9 Å². The number of carbonyl (C=O) groups excluding carboxylic acids is 1. The second-order valence-corrected chi connectivity index (χ2v) is 7.14. The lowest BCUT2D eigenvalue weighted by Crippen LogP contribution is -2.30. The minimum Gasteiger partial charge on any atom is -0.391 e. The highest BCUT2D eigenvalue weighted by Crippen LogP contribution is 2.27. The first kappa shape index (κ1) is 17.7. The number of aliphatic hydroxyl groups excluding tert-OH is 1. The first-order valence-electron chi connectivity index (χ1n) is 9.33. The molecule has 1 aromatic carbocycles. The van der Waals surface area contributed by atoms with E-state index in [0.717, 1.165) is 16.5 Å². The average molecular weight is 365 g/mol. The van der Waals surface area contributed by atoms with Crippen molar-refractivity contribution in [3.8, 4) is 0 Å². The van der Waals surface area contributed by atoms with Crippen LogP contribution in [0.1, 0.15) is 34.3 Å². The lowest BCUT2D eigenvalue weighted by Gasteiger charge is -2.16. The van der Waals surface area contributed by atoms with Crippen molar-refractivity contribution in [3.63, 3.8) is 0 Å². The summed E-state index contributed by atoms with van der Waals surface area (Å²) in [7, 11) is 0. The maximum absolute atomic E-state index is 13.0. The standard InChI is InChI=1S/C21H23N3O3/c1-3-17-20(13(2)27-23-17)21(26)24-11-15(19(25)12-24)10-14-8-9-22-18-7-5-4-6-16(14)18/h4-9,15,19,25H,3,10-12H2,1-2H3/t15-,19+/m1/s1. The van der Waals surface area contributed by atoms with Gasteiger partial charge >= 0.3 is 0 Å². The molecule has 3 aromatic rings. The van der Waals surface area contributed by atoms with Gasteiger partial charge in [-0.15, -0.1) is 0 Å². The highest BCUT2D eigenvalue weighted by Gasteiger charge is 2.36. The molecule has 1 aliphatic rings. The topological polar surface area (TPSA) is 79.5 Å². The fourth-order valence-corrected chi connectivity index (χ4v) is 3.93. The van der Waals surface area contributed by atoms with Gasteiger partial charge in [0.25, 0.3) is 5.91 Å². The summed E-state index contributed by atoms with van der Waals surface area (Å²) in [5.41, 5.74) is 3.31. The molecule has 6 heteroatoms. The van der Waals surface area contributed by atoms with E-state index in [4.69, 9.17) is 4.52 Å². The number of aliphatic hydroxyl groups is 1. The van der Waals surface area contributed by atoms with Crippen LogP contribution in [0.2, 0.25) is 0 Å². The van der Waals surface area contributed by atoms with Gasteiger partial charge in [-0.25, -0.2) is 0 Å². The Labute approximate surface area is 157 Å². The van der Waals surface area contributed by atoms with Gasteiger partial charge < -0.3 is 14.5 Å². The van der Waals surface area contributed by atoms with E-state index in [1.165, 1.54) is 0 Å². The van der Waals surface area contributed by atoms with Crippen LogP contribution in [0, 0.1) is 12.8 Å². The van der Waals surface area contributed by atoms with E-state index in [1.54, 1.807) is 18.0 Å². The number of aromatic nitrogens is 2. The van der Waals surface area contributed by atoms with E-state index in [9.17, 15) is 9.90 Å². The van der Waals surface area contributed by atoms with Crippen molar-refractivity contribution in [3.05, 3.63) is 59.1 Å². The summed E-state index contributed by atoms with van der Waals surface area (Å²) in [4.78, 5) is 19.1. The van der Waals surface area contributed by atoms with Crippen LogP contribution in [0.15, 0.2) is 41.1 Å². The summed E-state index contributed by atoms with van der Waals surface area (Å²) in [6.45, 7) is 4.56. The van der Waals surface area contributed by atoms with Gasteiger partial charge in [-0.1, -0.05) is 30.3 Å². The third-order valence-corrected chi connectivity index (χ3v) is 5.40. The fraction of sp³-hybridized carbons (Fsp3) is 0.381. The van der Waals surface area contributed by atoms with Crippen LogP contribution in [-0.2, 0) is 12.8 Å². The Morgan fingerprint density at radius 1 is 1.30 bits per heavy atom. The summed E-state index contributed by atoms with van der Waals surface area (Å²) in [6, 6.07) is 10.0. The van der Waals surface area contributed by atoms with E-state index < -0.39 is 6.10 Å². The van der Waals surface area contributed by atoms with Crippen LogP contribution in [0.5, 0.6) is 0 Å². The van der Waals surface area contributed by atoms with Crippen molar-refractivity contribution in [2.45, 2.75) is 32.8 Å². The highest BCUT2D eigenvalue weighted by atomic mass is 16.5. The SMILES string of the molecule is CCc1noc(C)c1C(=O)N1C[C@@H](Cc2ccnc3ccccc23)[C@@H](O)C1. The molecule has 0 spiro atoms. The van der Waals surface area contributed by atoms with Gasteiger partial charge in [0.05, 0.1) is 17.3 Å². The minimum atomic E-state index is -0.550. The Hall–Kier alpha value is -2.73. The van der Waals surface area contributed by atoms with Gasteiger partial charge in [0, 0.05) is 30.6 Å². The van der Waals surface area contributed by atoms with Crippen LogP contribution < -0.4 is 0 Å². The smallest absolute Gasteiger partial charge is 0.259 e. The molecule has 0 radical (unpaired) electrons. The number of β-amino-alcohol motifs (C(OH)–C–C–N with tert-alkyl or cyclic N) is 1. The molecule has 1 fully saturated rings. The molecule has 2 atom stereocenters. The predicted octanol–water partition coefficient (Wildman–Crippen LogP) is 2.77. The molecule has 0 aliphatic carbocycles. The molecule has 0 bridgehead atoms. The number of fused-ring (bicyclic) bond motifs is 1. The highest BCUT2D eigenvalue weighted by molar-refractivity contribution is 5.96. The van der Waals surface area contributed by atoms with Crippen LogP contribution in [-0.4, -0.2) is 45.2 Å². The van der Waals surface area contributed by atoms with Gasteiger partial charge in [-0.3, -0.25) is 9.78 Å². The molecule has 1 aliphatic heterocycles. The predicted molar refractivity (Wildman–Crippen MR) is 101 cm³/mol. The summed E-state index contributed by atoms with van der Waals surface area (Å²) >= 11 is 0. The summed E-state index contributed by atoms with van der Waals surface area (Å²) in [6.07, 6.45) is 2.60. The molecule has 0 saturated carbocycles. The van der Waals surface area contributed by atoms with Gasteiger partial charge in [0.2, 0.25) is 0 Å². The molecule has 6 nitrogen and oxygen atoms in total. The molecule has 2 aromatic heterocycles. The maximum atomic E-state index is 13.0. The summed E-state index contributed by atoms with van der Waals surface area (Å²) in [5.74, 6) is 0.423. The molecular formula is C21H23N3O3. The monoisotopic (exact) mass is 365 g/mol. The third kappa shape index (κ3) is 3.21. The van der Waals surface area contributed by atoms with Crippen molar-refractivity contribution in [2.24, 2.45) is 5.92 Å². The average Bonchev–Trinajstić information content (AvgIpc) is 3.24. The molecule has 27 heavy (non-hydrogen) atoms. The summed E-state index contributed by atoms with van der Waals surface area (Å²) < 4.78 is 5.20. The van der Waals surface area contributed by atoms with Crippen LogP contribution >= 0.6 is 0 Å². The Kier molecular flexibility index (Phi) is 4.66. The third-order valence-electron chi connectivity index (χ3n) is 5.40. The number of benzene rings is 1. The Morgan fingerprint density at radius 2 is 2.11 bits per heavy atom. The van der Waals surface area contributed by atoms with Crippen LogP contribution in [0.3, 0.4) is 0 Å². The van der Waals surface area contributed by atoms with Crippen molar-refractivity contribution in [1.29, 1.82) is 0 Å². The van der Waals surface area contributed by atoms with E-state index in [2.05, 4.69) is 16.2 Å². The quantitative estimate of drug-likeness (QED) is 0.769. The van der Waals surface area contributed by atoms with E-state index in [1.807, 2.05) is 31.2 Å². The normalized spacial score (nSPS) is 19.7. The van der Waals surface area contributed by atoms with Gasteiger partial charge in [-0.2, -0.15) is 0 Å². The largest absolute Gasteiger partial charge is 0.391 e. The lowest BCUT2D eigenvalue weighted by atomic mass is 9.94. The molecule has 3 heterocycles. The molecule has 0 unspecified atom stereocenters. The van der Waals surface area contributed by atoms with E-state index >= 15 is 0 Å². The molecule has 1 saturated heterocycles.